The van der Waals surface area contributed by atoms with Gasteiger partial charge >= 0.3 is 0 Å². The number of nitrogens with zero attached hydrogens (tertiary/aromatic N) is 3. The number of hydrogen-bond acceptors (Lipinski definition) is 6. The lowest BCUT2D eigenvalue weighted by molar-refractivity contribution is 0.240. The smallest absolute Gasteiger partial charge is 0.256 e. The monoisotopic (exact) mass is 336 g/mol. The molecule has 122 valence electrons. The Bertz CT molecular complexity index is 781. The number of ether oxygens (including phenoxy) is 1. The summed E-state index contributed by atoms with van der Waals surface area (Å²) < 4.78 is 18.5. The molecule has 23 heavy (non-hydrogen) atoms. The van der Waals surface area contributed by atoms with Gasteiger partial charge in [-0.3, -0.25) is 9.69 Å². The number of rotatable bonds is 4. The second-order valence-corrected chi connectivity index (χ2v) is 6.09. The second kappa shape index (κ2) is 6.67. The summed E-state index contributed by atoms with van der Waals surface area (Å²) in [6.07, 6.45) is 4.18. The van der Waals surface area contributed by atoms with Gasteiger partial charge in [-0.05, 0) is 17.9 Å². The number of H-pyrrole nitrogens is 1. The number of aromatic amines is 1. The van der Waals surface area contributed by atoms with Gasteiger partial charge in [0.1, 0.15) is 0 Å². The van der Waals surface area contributed by atoms with E-state index in [9.17, 15) is 9.18 Å². The number of methoxy groups -OCH3 is 1. The van der Waals surface area contributed by atoms with Crippen molar-refractivity contribution in [1.29, 1.82) is 0 Å². The largest absolute Gasteiger partial charge is 0.479 e. The van der Waals surface area contributed by atoms with Crippen LogP contribution in [0.25, 0.3) is 0 Å². The molecular weight excluding hydrogens is 319 g/mol. The SMILES string of the molecule is COc1ncc(CN2CCc3nc(SC)[nH]c(=O)c3C2)cc1F. The molecule has 0 radical (unpaired) electrons. The third-order valence-corrected chi connectivity index (χ3v) is 4.36. The molecule has 2 aromatic heterocycles. The average molecular weight is 336 g/mol. The van der Waals surface area contributed by atoms with Crippen LogP contribution in [0.3, 0.4) is 0 Å². The van der Waals surface area contributed by atoms with E-state index in [1.54, 1.807) is 6.20 Å². The Morgan fingerprint density at radius 2 is 2.35 bits per heavy atom. The number of nitrogens with one attached hydrogen (secondary N) is 1. The van der Waals surface area contributed by atoms with E-state index in [1.807, 2.05) is 6.26 Å². The number of fused-ring (bicyclic) bond motifs is 1. The summed E-state index contributed by atoms with van der Waals surface area (Å²) >= 11 is 1.42. The third-order valence-electron chi connectivity index (χ3n) is 3.78. The van der Waals surface area contributed by atoms with Crippen LogP contribution in [0.1, 0.15) is 16.8 Å². The molecule has 0 amide bonds. The van der Waals surface area contributed by atoms with Crippen molar-refractivity contribution in [3.8, 4) is 5.88 Å². The van der Waals surface area contributed by atoms with Crippen molar-refractivity contribution >= 4 is 11.8 Å². The first-order valence-corrected chi connectivity index (χ1v) is 8.40. The molecule has 3 rings (SSSR count). The van der Waals surface area contributed by atoms with Gasteiger partial charge in [-0.25, -0.2) is 14.4 Å². The fourth-order valence-electron chi connectivity index (χ4n) is 2.65. The molecular formula is C15H17FN4O2S. The highest BCUT2D eigenvalue weighted by atomic mass is 32.2. The number of thioether (sulfide) groups is 1. The molecule has 6 nitrogen and oxygen atoms in total. The molecule has 0 saturated heterocycles. The van der Waals surface area contributed by atoms with Gasteiger partial charge in [0.2, 0.25) is 5.88 Å². The maximum atomic E-state index is 13.7. The molecule has 0 unspecified atom stereocenters. The van der Waals surface area contributed by atoms with Crippen LogP contribution in [-0.4, -0.2) is 39.8 Å². The predicted octanol–water partition coefficient (Wildman–Crippen LogP) is 1.59. The van der Waals surface area contributed by atoms with Gasteiger partial charge in [-0.15, -0.1) is 0 Å². The van der Waals surface area contributed by atoms with Gasteiger partial charge in [-0.2, -0.15) is 0 Å². The standard InChI is InChI=1S/C15H17FN4O2S/c1-22-14-11(16)5-9(6-17-14)7-20-4-3-12-10(8-20)13(21)19-15(18-12)23-2/h5-6H,3-4,7-8H2,1-2H3,(H,18,19,21). The Kier molecular flexibility index (Phi) is 4.63. The van der Waals surface area contributed by atoms with Gasteiger partial charge in [0.25, 0.3) is 5.56 Å². The Morgan fingerprint density at radius 3 is 3.04 bits per heavy atom. The van der Waals surface area contributed by atoms with E-state index in [0.29, 0.717) is 30.2 Å². The van der Waals surface area contributed by atoms with Crippen molar-refractivity contribution < 1.29 is 9.13 Å². The van der Waals surface area contributed by atoms with E-state index < -0.39 is 5.82 Å². The lowest BCUT2D eigenvalue weighted by atomic mass is 10.1. The average Bonchev–Trinajstić information content (AvgIpc) is 2.55. The molecule has 3 heterocycles. The highest BCUT2D eigenvalue weighted by Crippen LogP contribution is 2.20. The van der Waals surface area contributed by atoms with E-state index in [-0.39, 0.29) is 11.4 Å². The van der Waals surface area contributed by atoms with E-state index in [2.05, 4.69) is 19.9 Å². The zero-order valence-corrected chi connectivity index (χ0v) is 13.7. The van der Waals surface area contributed by atoms with Gasteiger partial charge in [0, 0.05) is 32.3 Å². The number of hydrogen-bond donors (Lipinski definition) is 1. The van der Waals surface area contributed by atoms with E-state index >= 15 is 0 Å². The highest BCUT2D eigenvalue weighted by molar-refractivity contribution is 7.98. The quantitative estimate of drug-likeness (QED) is 0.675. The van der Waals surface area contributed by atoms with Crippen LogP contribution >= 0.6 is 11.8 Å². The zero-order valence-electron chi connectivity index (χ0n) is 12.9. The van der Waals surface area contributed by atoms with Crippen LogP contribution in [0.2, 0.25) is 0 Å². The first-order chi connectivity index (χ1) is 11.1. The van der Waals surface area contributed by atoms with E-state index in [4.69, 9.17) is 4.74 Å². The molecule has 1 N–H and O–H groups in total. The van der Waals surface area contributed by atoms with Gasteiger partial charge < -0.3 is 9.72 Å². The van der Waals surface area contributed by atoms with Gasteiger partial charge in [-0.1, -0.05) is 11.8 Å². The van der Waals surface area contributed by atoms with E-state index in [1.165, 1.54) is 24.9 Å². The number of pyridine rings is 1. The second-order valence-electron chi connectivity index (χ2n) is 5.30. The topological polar surface area (TPSA) is 71.1 Å². The van der Waals surface area contributed by atoms with Crippen LogP contribution in [0.4, 0.5) is 4.39 Å². The van der Waals surface area contributed by atoms with Crippen LogP contribution in [0.15, 0.2) is 22.2 Å². The van der Waals surface area contributed by atoms with Crippen LogP contribution in [0, 0.1) is 5.82 Å². The highest BCUT2D eigenvalue weighted by Gasteiger charge is 2.21. The molecule has 8 heteroatoms. The van der Waals surface area contributed by atoms with Crippen molar-refractivity contribution in [2.24, 2.45) is 0 Å². The molecule has 0 fully saturated rings. The molecule has 0 aromatic carbocycles. The molecule has 0 aliphatic carbocycles. The van der Waals surface area contributed by atoms with E-state index in [0.717, 1.165) is 17.8 Å². The minimum atomic E-state index is -0.480. The Morgan fingerprint density at radius 1 is 1.52 bits per heavy atom. The summed E-state index contributed by atoms with van der Waals surface area (Å²) in [4.78, 5) is 25.4. The Hall–Kier alpha value is -1.93. The van der Waals surface area contributed by atoms with Gasteiger partial charge in [0.15, 0.2) is 11.0 Å². The van der Waals surface area contributed by atoms with Crippen LogP contribution < -0.4 is 10.3 Å². The fourth-order valence-corrected chi connectivity index (χ4v) is 3.05. The summed E-state index contributed by atoms with van der Waals surface area (Å²) in [5.74, 6) is -0.491. The first-order valence-electron chi connectivity index (χ1n) is 7.17. The summed E-state index contributed by atoms with van der Waals surface area (Å²) in [6.45, 7) is 1.79. The Balaban J connectivity index is 1.77. The van der Waals surface area contributed by atoms with Crippen molar-refractivity contribution in [2.45, 2.75) is 24.7 Å². The zero-order chi connectivity index (χ0) is 16.4. The molecule has 2 aromatic rings. The van der Waals surface area contributed by atoms with Crippen LogP contribution in [0.5, 0.6) is 5.88 Å². The summed E-state index contributed by atoms with van der Waals surface area (Å²) in [7, 11) is 1.38. The number of aromatic nitrogens is 3. The van der Waals surface area contributed by atoms with Crippen molar-refractivity contribution in [3.63, 3.8) is 0 Å². The summed E-state index contributed by atoms with van der Waals surface area (Å²) in [5, 5.41) is 0.642. The lowest BCUT2D eigenvalue weighted by Gasteiger charge is -2.27. The molecule has 0 spiro atoms. The predicted molar refractivity (Wildman–Crippen MR) is 85.2 cm³/mol. The van der Waals surface area contributed by atoms with Gasteiger partial charge in [0.05, 0.1) is 18.4 Å². The lowest BCUT2D eigenvalue weighted by Crippen LogP contribution is -2.35. The maximum Gasteiger partial charge on any atom is 0.256 e. The molecule has 1 aliphatic heterocycles. The molecule has 1 aliphatic rings. The summed E-state index contributed by atoms with van der Waals surface area (Å²) in [6, 6.07) is 1.42. The van der Waals surface area contributed by atoms with Crippen molar-refractivity contribution in [2.75, 3.05) is 19.9 Å². The maximum absolute atomic E-state index is 13.7. The normalized spacial score (nSPS) is 14.6. The minimum Gasteiger partial charge on any atom is -0.479 e. The summed E-state index contributed by atoms with van der Waals surface area (Å²) in [5.41, 5.74) is 2.20. The molecule has 0 atom stereocenters. The first kappa shape index (κ1) is 15.9. The third kappa shape index (κ3) is 3.37. The van der Waals surface area contributed by atoms with Crippen molar-refractivity contribution in [3.05, 3.63) is 45.3 Å². The molecule has 0 bridgehead atoms. The molecule has 0 saturated carbocycles. The number of halogens is 1. The fraction of sp³-hybridized carbons (Fsp3) is 0.400. The van der Waals surface area contributed by atoms with Crippen molar-refractivity contribution in [1.82, 2.24) is 19.9 Å². The van der Waals surface area contributed by atoms with Crippen LogP contribution in [-0.2, 0) is 19.5 Å². The minimum absolute atomic E-state index is 0.0111. The Labute approximate surface area is 137 Å².